The van der Waals surface area contributed by atoms with Gasteiger partial charge in [0.25, 0.3) is 0 Å². The van der Waals surface area contributed by atoms with E-state index < -0.39 is 17.6 Å². The van der Waals surface area contributed by atoms with Crippen molar-refractivity contribution in [2.45, 2.75) is 25.9 Å². The summed E-state index contributed by atoms with van der Waals surface area (Å²) in [6.07, 6.45) is -0.381. The smallest absolute Gasteiger partial charge is 0.325 e. The zero-order valence-corrected chi connectivity index (χ0v) is 18.4. The van der Waals surface area contributed by atoms with E-state index in [1.165, 1.54) is 12.3 Å². The lowest BCUT2D eigenvalue weighted by atomic mass is 10.0. The van der Waals surface area contributed by atoms with E-state index in [-0.39, 0.29) is 18.1 Å². The molecule has 0 spiro atoms. The average Bonchev–Trinajstić information content (AvgIpc) is 2.88. The zero-order valence-electron chi connectivity index (χ0n) is 18.4. The molecule has 172 valence electrons. The quantitative estimate of drug-likeness (QED) is 0.599. The maximum Gasteiger partial charge on any atom is 0.416 e. The van der Waals surface area contributed by atoms with Gasteiger partial charge in [-0.05, 0) is 51.2 Å². The highest BCUT2D eigenvalue weighted by molar-refractivity contribution is 6.00. The van der Waals surface area contributed by atoms with Gasteiger partial charge in [-0.2, -0.15) is 13.2 Å². The van der Waals surface area contributed by atoms with Gasteiger partial charge in [0.05, 0.1) is 34.7 Å². The molecule has 3 aromatic rings. The van der Waals surface area contributed by atoms with E-state index >= 15 is 0 Å². The Bertz CT molecular complexity index is 1210. The highest BCUT2D eigenvalue weighted by Crippen LogP contribution is 2.38. The van der Waals surface area contributed by atoms with Crippen molar-refractivity contribution in [2.24, 2.45) is 0 Å². The lowest BCUT2D eigenvalue weighted by Gasteiger charge is -2.14. The number of carbonyl (C=O) groups excluding carboxylic acids is 1. The van der Waals surface area contributed by atoms with Gasteiger partial charge < -0.3 is 15.5 Å². The number of nitrogens with zero attached hydrogens (tertiary/aromatic N) is 4. The highest BCUT2D eigenvalue weighted by Gasteiger charge is 2.32. The minimum atomic E-state index is -4.52. The molecule has 0 aliphatic carbocycles. The number of alkyl halides is 3. The first-order chi connectivity index (χ1) is 15.6. The number of aryl methyl sites for hydroxylation is 1. The van der Waals surface area contributed by atoms with Gasteiger partial charge in [-0.1, -0.05) is 6.07 Å². The molecule has 0 fully saturated rings. The van der Waals surface area contributed by atoms with Gasteiger partial charge in [-0.25, -0.2) is 9.97 Å². The molecule has 0 bridgehead atoms. The minimum absolute atomic E-state index is 0.0355. The molecule has 1 amide bonds. The van der Waals surface area contributed by atoms with Crippen molar-refractivity contribution in [3.63, 3.8) is 0 Å². The maximum absolute atomic E-state index is 13.2. The minimum Gasteiger partial charge on any atom is -0.325 e. The number of aromatic nitrogens is 3. The number of hydrogen-bond acceptors (Lipinski definition) is 6. The Hall–Kier alpha value is -3.53. The lowest BCUT2D eigenvalue weighted by Crippen LogP contribution is -2.15. The van der Waals surface area contributed by atoms with Crippen LogP contribution in [0, 0.1) is 6.92 Å². The fraction of sp³-hybridized carbons (Fsp3) is 0.304. The first-order valence-electron chi connectivity index (χ1n) is 10.3. The predicted octanol–water partition coefficient (Wildman–Crippen LogP) is 4.21. The number of pyridine rings is 1. The third-order valence-electron chi connectivity index (χ3n) is 5.33. The number of likely N-dealkylation sites (N-methyl/N-ethyl adjacent to an activating group) is 1. The number of hydrogen-bond donors (Lipinski definition) is 2. The molecule has 1 aliphatic heterocycles. The van der Waals surface area contributed by atoms with Crippen molar-refractivity contribution >= 4 is 23.2 Å². The Balaban J connectivity index is 1.70. The van der Waals surface area contributed by atoms with E-state index in [0.29, 0.717) is 16.8 Å². The number of nitrogens with one attached hydrogen (secondary N) is 2. The standard InChI is InChI=1S/C23H23F3N6O/c1-13-18(8-14(11-27-13)6-7-32(2)3)30-22-28-12-15-9-20(33)29-19-10-16(23(24,25)26)4-5-17(19)21(15)31-22/h4-5,8,10-12H,6-7,9H2,1-3H3,(H,29,33)(H,28,30,31). The molecule has 0 unspecified atom stereocenters. The average molecular weight is 456 g/mol. The van der Waals surface area contributed by atoms with E-state index in [2.05, 4.69) is 30.5 Å². The van der Waals surface area contributed by atoms with E-state index in [1.807, 2.05) is 33.3 Å². The maximum atomic E-state index is 13.2. The van der Waals surface area contributed by atoms with Crippen molar-refractivity contribution in [2.75, 3.05) is 31.3 Å². The molecule has 4 rings (SSSR count). The van der Waals surface area contributed by atoms with E-state index in [1.54, 1.807) is 0 Å². The lowest BCUT2D eigenvalue weighted by molar-refractivity contribution is -0.137. The predicted molar refractivity (Wildman–Crippen MR) is 119 cm³/mol. The Labute approximate surface area is 189 Å². The second-order valence-electron chi connectivity index (χ2n) is 8.21. The summed E-state index contributed by atoms with van der Waals surface area (Å²) in [7, 11) is 4.00. The van der Waals surface area contributed by atoms with Crippen molar-refractivity contribution in [1.29, 1.82) is 0 Å². The normalized spacial score (nSPS) is 13.2. The van der Waals surface area contributed by atoms with Crippen LogP contribution in [-0.2, 0) is 23.8 Å². The summed E-state index contributed by atoms with van der Waals surface area (Å²) in [5, 5.41) is 5.71. The third kappa shape index (κ3) is 5.11. The molecular weight excluding hydrogens is 433 g/mol. The van der Waals surface area contributed by atoms with Gasteiger partial charge in [0.1, 0.15) is 0 Å². The number of fused-ring (bicyclic) bond motifs is 3. The molecule has 0 radical (unpaired) electrons. The van der Waals surface area contributed by atoms with Crippen LogP contribution >= 0.6 is 0 Å². The first kappa shape index (κ1) is 22.7. The monoisotopic (exact) mass is 456 g/mol. The number of anilines is 3. The molecule has 2 N–H and O–H groups in total. The summed E-state index contributed by atoms with van der Waals surface area (Å²) in [5.41, 5.74) is 3.12. The molecule has 0 atom stereocenters. The van der Waals surface area contributed by atoms with Crippen LogP contribution in [0.4, 0.5) is 30.5 Å². The molecule has 3 heterocycles. The van der Waals surface area contributed by atoms with E-state index in [0.717, 1.165) is 42.0 Å². The zero-order chi connectivity index (χ0) is 23.8. The van der Waals surface area contributed by atoms with Crippen LogP contribution < -0.4 is 10.6 Å². The van der Waals surface area contributed by atoms with Gasteiger partial charge in [0.2, 0.25) is 11.9 Å². The highest BCUT2D eigenvalue weighted by atomic mass is 19.4. The molecule has 33 heavy (non-hydrogen) atoms. The Morgan fingerprint density at radius 1 is 1.15 bits per heavy atom. The number of benzene rings is 1. The molecule has 10 heteroatoms. The molecule has 0 saturated heterocycles. The number of halogens is 3. The summed E-state index contributed by atoms with van der Waals surface area (Å²) >= 11 is 0. The second-order valence-corrected chi connectivity index (χ2v) is 8.21. The summed E-state index contributed by atoms with van der Waals surface area (Å²) in [6.45, 7) is 2.73. The summed E-state index contributed by atoms with van der Waals surface area (Å²) in [4.78, 5) is 27.7. The summed E-state index contributed by atoms with van der Waals surface area (Å²) < 4.78 is 39.5. The van der Waals surface area contributed by atoms with Crippen LogP contribution in [0.15, 0.2) is 36.7 Å². The van der Waals surface area contributed by atoms with Crippen molar-refractivity contribution in [3.05, 3.63) is 59.0 Å². The van der Waals surface area contributed by atoms with Crippen LogP contribution in [0.5, 0.6) is 0 Å². The largest absolute Gasteiger partial charge is 0.416 e. The molecule has 2 aromatic heterocycles. The van der Waals surface area contributed by atoms with E-state index in [9.17, 15) is 18.0 Å². The Kier molecular flexibility index (Phi) is 6.03. The third-order valence-corrected chi connectivity index (χ3v) is 5.33. The van der Waals surface area contributed by atoms with Gasteiger partial charge in [-0.15, -0.1) is 0 Å². The molecule has 0 saturated carbocycles. The molecule has 1 aromatic carbocycles. The molecule has 1 aliphatic rings. The van der Waals surface area contributed by atoms with E-state index in [4.69, 9.17) is 0 Å². The summed E-state index contributed by atoms with van der Waals surface area (Å²) in [5.74, 6) is -0.157. The van der Waals surface area contributed by atoms with Gasteiger partial charge >= 0.3 is 6.18 Å². The first-order valence-corrected chi connectivity index (χ1v) is 10.3. The van der Waals surface area contributed by atoms with Gasteiger partial charge in [0.15, 0.2) is 0 Å². The Morgan fingerprint density at radius 2 is 1.94 bits per heavy atom. The van der Waals surface area contributed by atoms with Crippen LogP contribution in [0.2, 0.25) is 0 Å². The topological polar surface area (TPSA) is 83.0 Å². The van der Waals surface area contributed by atoms with Gasteiger partial charge in [0, 0.05) is 30.1 Å². The molecule has 7 nitrogen and oxygen atoms in total. The fourth-order valence-electron chi connectivity index (χ4n) is 3.54. The SMILES string of the molecule is Cc1ncc(CCN(C)C)cc1Nc1ncc2c(n1)-c1ccc(C(F)(F)F)cc1NC(=O)C2. The van der Waals surface area contributed by atoms with Crippen molar-refractivity contribution < 1.29 is 18.0 Å². The van der Waals surface area contributed by atoms with Crippen LogP contribution in [-0.4, -0.2) is 46.4 Å². The van der Waals surface area contributed by atoms with Crippen LogP contribution in [0.3, 0.4) is 0 Å². The van der Waals surface area contributed by atoms with Crippen molar-refractivity contribution in [1.82, 2.24) is 19.9 Å². The molecular formula is C23H23F3N6O. The number of carbonyl (C=O) groups is 1. The van der Waals surface area contributed by atoms with Crippen molar-refractivity contribution in [3.8, 4) is 11.3 Å². The second kappa shape index (κ2) is 8.78. The van der Waals surface area contributed by atoms with Crippen LogP contribution in [0.1, 0.15) is 22.4 Å². The number of amides is 1. The number of rotatable bonds is 5. The van der Waals surface area contributed by atoms with Gasteiger partial charge in [-0.3, -0.25) is 9.78 Å². The summed E-state index contributed by atoms with van der Waals surface area (Å²) in [6, 6.07) is 5.22. The Morgan fingerprint density at radius 3 is 2.67 bits per heavy atom. The van der Waals surface area contributed by atoms with Crippen LogP contribution in [0.25, 0.3) is 11.3 Å². The fourth-order valence-corrected chi connectivity index (χ4v) is 3.54.